The number of hydrogen-bond donors (Lipinski definition) is 2. The lowest BCUT2D eigenvalue weighted by atomic mass is 10.3. The van der Waals surface area contributed by atoms with Gasteiger partial charge in [-0.05, 0) is 48.5 Å². The van der Waals surface area contributed by atoms with E-state index in [9.17, 15) is 16.8 Å². The van der Waals surface area contributed by atoms with Crippen LogP contribution in [0.1, 0.15) is 0 Å². The summed E-state index contributed by atoms with van der Waals surface area (Å²) in [6.45, 7) is 0. The van der Waals surface area contributed by atoms with Crippen molar-refractivity contribution in [1.29, 1.82) is 0 Å². The summed E-state index contributed by atoms with van der Waals surface area (Å²) in [6.07, 6.45) is 0. The van der Waals surface area contributed by atoms with Crippen LogP contribution in [0.4, 0.5) is 11.4 Å². The normalized spacial score (nSPS) is 11.6. The SMILES string of the molecule is O=S(=O)(Nc1ccccc1SSc1ccccc1NS(=O)(=O)c1ccccc1)c1ccccc1. The van der Waals surface area contributed by atoms with Crippen molar-refractivity contribution in [1.82, 2.24) is 0 Å². The molecule has 2 N–H and O–H groups in total. The Morgan fingerprint density at radius 1 is 0.441 bits per heavy atom. The molecule has 4 aromatic carbocycles. The molecule has 0 aliphatic carbocycles. The van der Waals surface area contributed by atoms with Crippen LogP contribution in [-0.2, 0) is 20.0 Å². The van der Waals surface area contributed by atoms with E-state index in [1.807, 2.05) is 12.1 Å². The minimum Gasteiger partial charge on any atom is -0.278 e. The number of sulfonamides is 2. The van der Waals surface area contributed by atoms with Gasteiger partial charge in [0.1, 0.15) is 0 Å². The Morgan fingerprint density at radius 2 is 0.765 bits per heavy atom. The van der Waals surface area contributed by atoms with Crippen molar-refractivity contribution in [3.05, 3.63) is 109 Å². The van der Waals surface area contributed by atoms with Crippen LogP contribution in [-0.4, -0.2) is 16.8 Å². The first-order valence-corrected chi connectivity index (χ1v) is 15.2. The third-order valence-corrected chi connectivity index (χ3v) is 9.84. The zero-order valence-corrected chi connectivity index (χ0v) is 20.9. The fourth-order valence-electron chi connectivity index (χ4n) is 2.94. The molecule has 0 radical (unpaired) electrons. The van der Waals surface area contributed by atoms with Crippen LogP contribution in [0.2, 0.25) is 0 Å². The summed E-state index contributed by atoms with van der Waals surface area (Å²) in [7, 11) is -4.84. The monoisotopic (exact) mass is 528 g/mol. The molecular formula is C24H20N2O4S4. The smallest absolute Gasteiger partial charge is 0.261 e. The van der Waals surface area contributed by atoms with Gasteiger partial charge in [0.05, 0.1) is 21.2 Å². The summed E-state index contributed by atoms with van der Waals surface area (Å²) in [5.41, 5.74) is 0.873. The van der Waals surface area contributed by atoms with Crippen molar-refractivity contribution in [2.24, 2.45) is 0 Å². The quantitative estimate of drug-likeness (QED) is 0.256. The molecule has 4 aromatic rings. The van der Waals surface area contributed by atoms with Crippen LogP contribution >= 0.6 is 21.6 Å². The van der Waals surface area contributed by atoms with Crippen molar-refractivity contribution in [3.63, 3.8) is 0 Å². The third kappa shape index (κ3) is 5.95. The number of nitrogens with one attached hydrogen (secondary N) is 2. The van der Waals surface area contributed by atoms with Crippen molar-refractivity contribution in [2.45, 2.75) is 19.6 Å². The lowest BCUT2D eigenvalue weighted by Crippen LogP contribution is -2.13. The second-order valence-electron chi connectivity index (χ2n) is 7.00. The molecule has 0 unspecified atom stereocenters. The lowest BCUT2D eigenvalue weighted by molar-refractivity contribution is 0.599. The maximum Gasteiger partial charge on any atom is 0.261 e. The molecule has 4 rings (SSSR count). The minimum atomic E-state index is -3.75. The molecule has 0 amide bonds. The van der Waals surface area contributed by atoms with E-state index in [0.717, 1.165) is 0 Å². The molecule has 0 aliphatic rings. The number of hydrogen-bond acceptors (Lipinski definition) is 6. The molecule has 0 aliphatic heterocycles. The fourth-order valence-corrected chi connectivity index (χ4v) is 7.55. The third-order valence-electron chi connectivity index (χ3n) is 4.59. The highest BCUT2D eigenvalue weighted by atomic mass is 33.1. The maximum absolute atomic E-state index is 12.8. The zero-order chi connectivity index (χ0) is 24.0. The molecule has 174 valence electrons. The summed E-state index contributed by atoms with van der Waals surface area (Å²) < 4.78 is 56.4. The summed E-state index contributed by atoms with van der Waals surface area (Å²) in [6, 6.07) is 30.4. The van der Waals surface area contributed by atoms with Gasteiger partial charge in [-0.1, -0.05) is 82.3 Å². The highest BCUT2D eigenvalue weighted by molar-refractivity contribution is 8.76. The molecule has 0 bridgehead atoms. The molecule has 0 aromatic heterocycles. The van der Waals surface area contributed by atoms with Crippen molar-refractivity contribution < 1.29 is 16.8 Å². The van der Waals surface area contributed by atoms with Crippen LogP contribution < -0.4 is 9.44 Å². The van der Waals surface area contributed by atoms with Crippen molar-refractivity contribution >= 4 is 53.0 Å². The Labute approximate surface area is 207 Å². The van der Waals surface area contributed by atoms with E-state index in [1.165, 1.54) is 45.9 Å². The Balaban J connectivity index is 1.54. The van der Waals surface area contributed by atoms with Gasteiger partial charge in [0, 0.05) is 9.79 Å². The fraction of sp³-hybridized carbons (Fsp3) is 0. The Hall–Kier alpha value is -2.92. The maximum atomic E-state index is 12.8. The van der Waals surface area contributed by atoms with Crippen LogP contribution in [0.15, 0.2) is 129 Å². The number of para-hydroxylation sites is 2. The number of anilines is 2. The van der Waals surface area contributed by atoms with E-state index in [0.29, 0.717) is 21.2 Å². The van der Waals surface area contributed by atoms with Crippen LogP contribution in [0.25, 0.3) is 0 Å². The Bertz CT molecular complexity index is 1360. The predicted molar refractivity (Wildman–Crippen MR) is 139 cm³/mol. The van der Waals surface area contributed by atoms with Crippen molar-refractivity contribution in [2.75, 3.05) is 9.44 Å². The topological polar surface area (TPSA) is 92.3 Å². The van der Waals surface area contributed by atoms with Gasteiger partial charge >= 0.3 is 0 Å². The molecule has 34 heavy (non-hydrogen) atoms. The van der Waals surface area contributed by atoms with Gasteiger partial charge in [0.25, 0.3) is 20.0 Å². The first-order chi connectivity index (χ1) is 16.4. The second-order valence-corrected chi connectivity index (χ2v) is 12.6. The summed E-state index contributed by atoms with van der Waals surface area (Å²) >= 11 is 0. The van der Waals surface area contributed by atoms with Crippen LogP contribution in [0.3, 0.4) is 0 Å². The highest BCUT2D eigenvalue weighted by Crippen LogP contribution is 2.44. The first kappa shape index (κ1) is 24.2. The van der Waals surface area contributed by atoms with E-state index < -0.39 is 20.0 Å². The average Bonchev–Trinajstić information content (AvgIpc) is 2.85. The predicted octanol–water partition coefficient (Wildman–Crippen LogP) is 6.09. The Kier molecular flexibility index (Phi) is 7.52. The molecule has 0 fully saturated rings. The second kappa shape index (κ2) is 10.6. The lowest BCUT2D eigenvalue weighted by Gasteiger charge is -2.14. The van der Waals surface area contributed by atoms with E-state index in [4.69, 9.17) is 0 Å². The van der Waals surface area contributed by atoms with Gasteiger partial charge in [-0.25, -0.2) is 16.8 Å². The van der Waals surface area contributed by atoms with Crippen molar-refractivity contribution in [3.8, 4) is 0 Å². The van der Waals surface area contributed by atoms with Gasteiger partial charge in [-0.2, -0.15) is 0 Å². The molecule has 0 spiro atoms. The molecular weight excluding hydrogens is 509 g/mol. The van der Waals surface area contributed by atoms with Gasteiger partial charge in [0.2, 0.25) is 0 Å². The van der Waals surface area contributed by atoms with E-state index >= 15 is 0 Å². The molecule has 6 nitrogen and oxygen atoms in total. The van der Waals surface area contributed by atoms with Gasteiger partial charge in [0.15, 0.2) is 0 Å². The van der Waals surface area contributed by atoms with E-state index in [2.05, 4.69) is 9.44 Å². The summed E-state index contributed by atoms with van der Waals surface area (Å²) in [5.74, 6) is 0. The van der Waals surface area contributed by atoms with E-state index in [1.54, 1.807) is 72.8 Å². The standard InChI is InChI=1S/C24H20N2O4S4/c27-33(28,19-11-3-1-4-12-19)25-21-15-7-9-17-23(21)31-32-24-18-10-8-16-22(24)26-34(29,30)20-13-5-2-6-14-20/h1-18,25-26H. The number of benzene rings is 4. The summed E-state index contributed by atoms with van der Waals surface area (Å²) in [4.78, 5) is 1.71. The zero-order valence-electron chi connectivity index (χ0n) is 17.7. The first-order valence-electron chi connectivity index (χ1n) is 10.0. The Morgan fingerprint density at radius 3 is 1.15 bits per heavy atom. The van der Waals surface area contributed by atoms with Gasteiger partial charge < -0.3 is 0 Å². The molecule has 0 saturated carbocycles. The molecule has 0 atom stereocenters. The molecule has 0 heterocycles. The van der Waals surface area contributed by atoms with Crippen LogP contribution in [0.5, 0.6) is 0 Å². The minimum absolute atomic E-state index is 0.170. The number of rotatable bonds is 9. The van der Waals surface area contributed by atoms with Crippen LogP contribution in [0, 0.1) is 0 Å². The largest absolute Gasteiger partial charge is 0.278 e. The van der Waals surface area contributed by atoms with Gasteiger partial charge in [-0.15, -0.1) is 0 Å². The average molecular weight is 529 g/mol. The molecule has 0 saturated heterocycles. The van der Waals surface area contributed by atoms with Gasteiger partial charge in [-0.3, -0.25) is 9.44 Å². The van der Waals surface area contributed by atoms with E-state index in [-0.39, 0.29) is 9.79 Å². The summed E-state index contributed by atoms with van der Waals surface area (Å²) in [5, 5.41) is 0. The highest BCUT2D eigenvalue weighted by Gasteiger charge is 2.18. The molecule has 10 heteroatoms.